The zero-order chi connectivity index (χ0) is 12.6. The molecular formula is C14H26N2. The van der Waals surface area contributed by atoms with Crippen molar-refractivity contribution in [2.45, 2.75) is 66.1 Å². The van der Waals surface area contributed by atoms with Crippen molar-refractivity contribution >= 4 is 0 Å². The predicted molar refractivity (Wildman–Crippen MR) is 69.0 cm³/mol. The molecule has 0 N–H and O–H groups in total. The lowest BCUT2D eigenvalue weighted by atomic mass is 9.75. The molecule has 0 aromatic rings. The van der Waals surface area contributed by atoms with Crippen molar-refractivity contribution in [3.63, 3.8) is 0 Å². The number of likely N-dealkylation sites (tertiary alicyclic amines) is 1. The molecule has 2 atom stereocenters. The Morgan fingerprint density at radius 3 is 2.00 bits per heavy atom. The van der Waals surface area contributed by atoms with Gasteiger partial charge in [-0.05, 0) is 38.5 Å². The first kappa shape index (κ1) is 13.5. The van der Waals surface area contributed by atoms with Crippen molar-refractivity contribution in [3.8, 4) is 0 Å². The van der Waals surface area contributed by atoms with Crippen LogP contribution in [0.4, 0.5) is 0 Å². The predicted octanol–water partition coefficient (Wildman–Crippen LogP) is 3.79. The van der Waals surface area contributed by atoms with E-state index in [9.17, 15) is 0 Å². The van der Waals surface area contributed by atoms with Crippen LogP contribution in [0.15, 0.2) is 0 Å². The molecule has 0 spiro atoms. The van der Waals surface area contributed by atoms with Gasteiger partial charge in [0.2, 0.25) is 0 Å². The lowest BCUT2D eigenvalue weighted by Gasteiger charge is -2.45. The fourth-order valence-corrected chi connectivity index (χ4v) is 2.52. The van der Waals surface area contributed by atoms with Crippen LogP contribution in [0.2, 0.25) is 0 Å². The molecule has 0 saturated carbocycles. The molecule has 16 heavy (non-hydrogen) atoms. The Labute approximate surface area is 101 Å². The van der Waals surface area contributed by atoms with Gasteiger partial charge in [0, 0.05) is 18.5 Å². The van der Waals surface area contributed by atoms with Gasteiger partial charge in [-0.25, -0.2) is 11.5 Å². The molecular weight excluding hydrogens is 196 g/mol. The average molecular weight is 222 g/mol. The largest absolute Gasteiger partial charge is 0.296 e. The Morgan fingerprint density at radius 1 is 1.06 bits per heavy atom. The molecule has 0 aliphatic carbocycles. The first-order valence-electron chi connectivity index (χ1n) is 6.29. The van der Waals surface area contributed by atoms with E-state index in [4.69, 9.17) is 6.57 Å². The van der Waals surface area contributed by atoms with Crippen LogP contribution < -0.4 is 0 Å². The quantitative estimate of drug-likeness (QED) is 0.566. The molecule has 1 heterocycles. The third-order valence-corrected chi connectivity index (χ3v) is 3.79. The summed E-state index contributed by atoms with van der Waals surface area (Å²) in [6, 6.07) is 0. The van der Waals surface area contributed by atoms with Crippen LogP contribution in [0, 0.1) is 17.9 Å². The van der Waals surface area contributed by atoms with E-state index >= 15 is 0 Å². The number of nitrogens with zero attached hydrogens (tertiary/aromatic N) is 2. The molecule has 2 nitrogen and oxygen atoms in total. The highest BCUT2D eigenvalue weighted by Gasteiger charge is 2.41. The fourth-order valence-electron chi connectivity index (χ4n) is 2.52. The van der Waals surface area contributed by atoms with Crippen LogP contribution in [-0.2, 0) is 0 Å². The first-order valence-corrected chi connectivity index (χ1v) is 6.29. The molecule has 0 aromatic carbocycles. The van der Waals surface area contributed by atoms with E-state index in [0.717, 1.165) is 13.0 Å². The standard InChI is InChI=1S/C14H26N2/c1-13(2,3)11-8-9-12(15-7)16(10-11)14(4,5)6/h11-12H,8-10H2,1-6H3/t11?,12-/m0/s1. The van der Waals surface area contributed by atoms with Crippen LogP contribution in [0.1, 0.15) is 54.4 Å². The molecule has 1 saturated heterocycles. The average Bonchev–Trinajstić information content (AvgIpc) is 2.14. The normalized spacial score (nSPS) is 28.8. The minimum Gasteiger partial charge on any atom is -0.296 e. The molecule has 1 aliphatic rings. The molecule has 0 aromatic heterocycles. The zero-order valence-electron chi connectivity index (χ0n) is 11.7. The second-order valence-electron chi connectivity index (χ2n) is 7.07. The van der Waals surface area contributed by atoms with Crippen LogP contribution in [0.5, 0.6) is 0 Å². The van der Waals surface area contributed by atoms with Crippen molar-refractivity contribution in [1.29, 1.82) is 0 Å². The molecule has 0 amide bonds. The monoisotopic (exact) mass is 222 g/mol. The summed E-state index contributed by atoms with van der Waals surface area (Å²) < 4.78 is 0. The first-order chi connectivity index (χ1) is 7.16. The summed E-state index contributed by atoms with van der Waals surface area (Å²) in [5, 5.41) is 0. The van der Waals surface area contributed by atoms with Gasteiger partial charge in [0.15, 0.2) is 0 Å². The summed E-state index contributed by atoms with van der Waals surface area (Å²) in [4.78, 5) is 6.18. The van der Waals surface area contributed by atoms with E-state index < -0.39 is 0 Å². The van der Waals surface area contributed by atoms with E-state index in [1.54, 1.807) is 0 Å². The number of hydrogen-bond acceptors (Lipinski definition) is 1. The SMILES string of the molecule is [C-]#[N+][C@@H]1CCC(C(C)(C)C)CN1C(C)(C)C. The van der Waals surface area contributed by atoms with Crippen molar-refractivity contribution in [1.82, 2.24) is 4.90 Å². The van der Waals surface area contributed by atoms with Crippen molar-refractivity contribution in [2.75, 3.05) is 6.54 Å². The van der Waals surface area contributed by atoms with Crippen LogP contribution in [-0.4, -0.2) is 23.1 Å². The van der Waals surface area contributed by atoms with Gasteiger partial charge in [-0.15, -0.1) is 0 Å². The van der Waals surface area contributed by atoms with Gasteiger partial charge < -0.3 is 0 Å². The summed E-state index contributed by atoms with van der Waals surface area (Å²) >= 11 is 0. The van der Waals surface area contributed by atoms with Gasteiger partial charge in [-0.2, -0.15) is 0 Å². The summed E-state index contributed by atoms with van der Waals surface area (Å²) in [7, 11) is 0. The number of piperidine rings is 1. The van der Waals surface area contributed by atoms with Gasteiger partial charge in [-0.3, -0.25) is 4.85 Å². The summed E-state index contributed by atoms with van der Waals surface area (Å²) in [6.07, 6.45) is 2.32. The smallest absolute Gasteiger partial charge is 0.280 e. The second kappa shape index (κ2) is 4.37. The Balaban J connectivity index is 2.83. The fraction of sp³-hybridized carbons (Fsp3) is 0.929. The zero-order valence-corrected chi connectivity index (χ0v) is 11.7. The van der Waals surface area contributed by atoms with E-state index in [0.29, 0.717) is 11.3 Å². The summed E-state index contributed by atoms with van der Waals surface area (Å²) in [6.45, 7) is 22.0. The van der Waals surface area contributed by atoms with Crippen molar-refractivity contribution in [2.24, 2.45) is 11.3 Å². The maximum atomic E-state index is 7.31. The summed E-state index contributed by atoms with van der Waals surface area (Å²) in [5.41, 5.74) is 0.468. The molecule has 1 unspecified atom stereocenters. The third-order valence-electron chi connectivity index (χ3n) is 3.79. The van der Waals surface area contributed by atoms with E-state index in [1.807, 2.05) is 0 Å². The highest BCUT2D eigenvalue weighted by Crippen LogP contribution is 2.38. The van der Waals surface area contributed by atoms with Crippen LogP contribution in [0.25, 0.3) is 4.85 Å². The minimum absolute atomic E-state index is 0.0959. The van der Waals surface area contributed by atoms with Gasteiger partial charge in [-0.1, -0.05) is 20.8 Å². The number of hydrogen-bond donors (Lipinski definition) is 0. The Morgan fingerprint density at radius 2 is 1.62 bits per heavy atom. The van der Waals surface area contributed by atoms with Gasteiger partial charge >= 0.3 is 0 Å². The van der Waals surface area contributed by atoms with Gasteiger partial charge in [0.05, 0.1) is 0 Å². The Bertz CT molecular complexity index is 275. The van der Waals surface area contributed by atoms with Crippen molar-refractivity contribution in [3.05, 3.63) is 11.4 Å². The Kier molecular flexibility index (Phi) is 3.69. The topological polar surface area (TPSA) is 7.60 Å². The minimum atomic E-state index is 0.0959. The third kappa shape index (κ3) is 2.98. The number of rotatable bonds is 0. The maximum absolute atomic E-state index is 7.31. The highest BCUT2D eigenvalue weighted by molar-refractivity contribution is 4.95. The molecule has 2 heteroatoms. The van der Waals surface area contributed by atoms with Crippen LogP contribution >= 0.6 is 0 Å². The molecule has 0 bridgehead atoms. The van der Waals surface area contributed by atoms with Crippen molar-refractivity contribution < 1.29 is 0 Å². The van der Waals surface area contributed by atoms with E-state index in [2.05, 4.69) is 51.3 Å². The lowest BCUT2D eigenvalue weighted by molar-refractivity contribution is 0.0112. The van der Waals surface area contributed by atoms with E-state index in [1.165, 1.54) is 6.42 Å². The van der Waals surface area contributed by atoms with Crippen LogP contribution in [0.3, 0.4) is 0 Å². The lowest BCUT2D eigenvalue weighted by Crippen LogP contribution is -2.53. The molecule has 92 valence electrons. The molecule has 1 rings (SSSR count). The maximum Gasteiger partial charge on any atom is 0.280 e. The second-order valence-corrected chi connectivity index (χ2v) is 7.07. The van der Waals surface area contributed by atoms with Gasteiger partial charge in [0.1, 0.15) is 0 Å². The van der Waals surface area contributed by atoms with E-state index in [-0.39, 0.29) is 11.7 Å². The molecule has 0 radical (unpaired) electrons. The summed E-state index contributed by atoms with van der Waals surface area (Å²) in [5.74, 6) is 0.713. The molecule has 1 fully saturated rings. The molecule has 1 aliphatic heterocycles. The Hall–Kier alpha value is -0.550. The van der Waals surface area contributed by atoms with Gasteiger partial charge in [0.25, 0.3) is 6.17 Å². The highest BCUT2D eigenvalue weighted by atomic mass is 15.3.